The molecule has 0 saturated heterocycles. The predicted molar refractivity (Wildman–Crippen MR) is 115 cm³/mol. The van der Waals surface area contributed by atoms with Crippen molar-refractivity contribution < 1.29 is 19.4 Å². The van der Waals surface area contributed by atoms with E-state index in [9.17, 15) is 9.59 Å². The van der Waals surface area contributed by atoms with Gasteiger partial charge in [0.15, 0.2) is 6.61 Å². The Hall–Kier alpha value is -3.34. The molecule has 2 N–H and O–H groups in total. The minimum absolute atomic E-state index is 0.0863. The standard InChI is InChI=1S/C24H25NO4/c1-15-10-16(2)24(17(3)11-15)25-22(26)14-29-21-8-7-19-6-4-18(5-9-23(27)28)12-20(19)13-21/h4,6-8,10-13H,5,9,14H2,1-3H3,(H,25,26)(H,27,28). The van der Waals surface area contributed by atoms with Gasteiger partial charge in [-0.05, 0) is 66.8 Å². The van der Waals surface area contributed by atoms with Crippen molar-refractivity contribution >= 4 is 28.3 Å². The largest absolute Gasteiger partial charge is 0.484 e. The number of hydrogen-bond acceptors (Lipinski definition) is 3. The third kappa shape index (κ3) is 5.35. The number of rotatable bonds is 7. The summed E-state index contributed by atoms with van der Waals surface area (Å²) in [5.74, 6) is -0.428. The van der Waals surface area contributed by atoms with Gasteiger partial charge in [-0.2, -0.15) is 0 Å². The summed E-state index contributed by atoms with van der Waals surface area (Å²) >= 11 is 0. The van der Waals surface area contributed by atoms with Crippen LogP contribution in [0.25, 0.3) is 10.8 Å². The van der Waals surface area contributed by atoms with Crippen LogP contribution >= 0.6 is 0 Å². The molecular weight excluding hydrogens is 366 g/mol. The highest BCUT2D eigenvalue weighted by Crippen LogP contribution is 2.24. The van der Waals surface area contributed by atoms with Gasteiger partial charge in [-0.25, -0.2) is 0 Å². The van der Waals surface area contributed by atoms with Crippen molar-refractivity contribution in [3.63, 3.8) is 0 Å². The number of hydrogen-bond donors (Lipinski definition) is 2. The Morgan fingerprint density at radius 3 is 2.31 bits per heavy atom. The molecule has 0 fully saturated rings. The molecule has 0 aromatic heterocycles. The minimum atomic E-state index is -0.813. The number of fused-ring (bicyclic) bond motifs is 1. The number of anilines is 1. The van der Waals surface area contributed by atoms with E-state index in [1.807, 2.05) is 69.3 Å². The van der Waals surface area contributed by atoms with Crippen LogP contribution in [0.5, 0.6) is 5.75 Å². The lowest BCUT2D eigenvalue weighted by atomic mass is 10.0. The van der Waals surface area contributed by atoms with E-state index in [-0.39, 0.29) is 18.9 Å². The number of benzene rings is 3. The van der Waals surface area contributed by atoms with Gasteiger partial charge < -0.3 is 15.2 Å². The first kappa shape index (κ1) is 20.4. The zero-order valence-electron chi connectivity index (χ0n) is 16.9. The summed E-state index contributed by atoms with van der Waals surface area (Å²) in [6.45, 7) is 5.89. The molecule has 0 heterocycles. The van der Waals surface area contributed by atoms with Crippen LogP contribution in [0.4, 0.5) is 5.69 Å². The van der Waals surface area contributed by atoms with Crippen LogP contribution in [0.2, 0.25) is 0 Å². The molecule has 0 saturated carbocycles. The SMILES string of the molecule is Cc1cc(C)c(NC(=O)COc2ccc3ccc(CCC(=O)O)cc3c2)c(C)c1. The van der Waals surface area contributed by atoms with E-state index in [1.165, 1.54) is 0 Å². The van der Waals surface area contributed by atoms with Crippen molar-refractivity contribution in [2.24, 2.45) is 0 Å². The van der Waals surface area contributed by atoms with E-state index in [1.54, 1.807) is 0 Å². The maximum Gasteiger partial charge on any atom is 0.303 e. The second kappa shape index (κ2) is 8.78. The molecule has 0 aliphatic carbocycles. The van der Waals surface area contributed by atoms with E-state index < -0.39 is 5.97 Å². The van der Waals surface area contributed by atoms with Crippen LogP contribution in [-0.2, 0) is 16.0 Å². The third-order valence-corrected chi connectivity index (χ3v) is 4.82. The van der Waals surface area contributed by atoms with Gasteiger partial charge in [0.2, 0.25) is 0 Å². The molecule has 0 aliphatic heterocycles. The second-order valence-corrected chi connectivity index (χ2v) is 7.35. The Kier molecular flexibility index (Phi) is 6.17. The first-order chi connectivity index (χ1) is 13.8. The van der Waals surface area contributed by atoms with Crippen LogP contribution in [0.1, 0.15) is 28.7 Å². The molecule has 0 unspecified atom stereocenters. The van der Waals surface area contributed by atoms with Crippen molar-refractivity contribution in [2.75, 3.05) is 11.9 Å². The van der Waals surface area contributed by atoms with Crippen molar-refractivity contribution in [3.8, 4) is 5.75 Å². The fourth-order valence-electron chi connectivity index (χ4n) is 3.47. The summed E-state index contributed by atoms with van der Waals surface area (Å²) in [7, 11) is 0. The van der Waals surface area contributed by atoms with E-state index in [2.05, 4.69) is 5.32 Å². The molecule has 0 aliphatic rings. The number of nitrogens with one attached hydrogen (secondary N) is 1. The topological polar surface area (TPSA) is 75.6 Å². The molecule has 1 amide bonds. The molecule has 150 valence electrons. The molecular formula is C24H25NO4. The third-order valence-electron chi connectivity index (χ3n) is 4.82. The monoisotopic (exact) mass is 391 g/mol. The summed E-state index contributed by atoms with van der Waals surface area (Å²) in [4.78, 5) is 23.1. The molecule has 0 radical (unpaired) electrons. The van der Waals surface area contributed by atoms with Gasteiger partial charge in [0.1, 0.15) is 5.75 Å². The number of carbonyl (C=O) groups excluding carboxylic acids is 1. The number of carboxylic acids is 1. The molecule has 29 heavy (non-hydrogen) atoms. The van der Waals surface area contributed by atoms with Gasteiger partial charge in [0.05, 0.1) is 0 Å². The highest BCUT2D eigenvalue weighted by atomic mass is 16.5. The van der Waals surface area contributed by atoms with Crippen LogP contribution in [0.15, 0.2) is 48.5 Å². The minimum Gasteiger partial charge on any atom is -0.484 e. The van der Waals surface area contributed by atoms with Crippen molar-refractivity contribution in [1.82, 2.24) is 0 Å². The lowest BCUT2D eigenvalue weighted by molar-refractivity contribution is -0.137. The maximum absolute atomic E-state index is 12.4. The van der Waals surface area contributed by atoms with Crippen LogP contribution in [0, 0.1) is 20.8 Å². The fourth-order valence-corrected chi connectivity index (χ4v) is 3.47. The quantitative estimate of drug-likeness (QED) is 0.607. The Labute approximate surface area is 170 Å². The Morgan fingerprint density at radius 1 is 0.931 bits per heavy atom. The van der Waals surface area contributed by atoms with E-state index in [0.29, 0.717) is 12.2 Å². The summed E-state index contributed by atoms with van der Waals surface area (Å²) in [5, 5.41) is 13.8. The van der Waals surface area contributed by atoms with Crippen molar-refractivity contribution in [2.45, 2.75) is 33.6 Å². The molecule has 0 bridgehead atoms. The first-order valence-corrected chi connectivity index (χ1v) is 9.57. The summed E-state index contributed by atoms with van der Waals surface area (Å²) in [6.07, 6.45) is 0.577. The summed E-state index contributed by atoms with van der Waals surface area (Å²) in [6, 6.07) is 15.6. The highest BCUT2D eigenvalue weighted by Gasteiger charge is 2.09. The maximum atomic E-state index is 12.4. The number of carbonyl (C=O) groups is 2. The molecule has 0 atom stereocenters. The van der Waals surface area contributed by atoms with E-state index >= 15 is 0 Å². The first-order valence-electron chi connectivity index (χ1n) is 9.57. The molecule has 3 aromatic rings. The molecule has 5 heteroatoms. The zero-order chi connectivity index (χ0) is 21.0. The normalized spacial score (nSPS) is 10.7. The Bertz CT molecular complexity index is 1050. The van der Waals surface area contributed by atoms with Gasteiger partial charge in [-0.3, -0.25) is 9.59 Å². The van der Waals surface area contributed by atoms with Crippen molar-refractivity contribution in [1.29, 1.82) is 0 Å². The average molecular weight is 391 g/mol. The van der Waals surface area contributed by atoms with E-state index in [0.717, 1.165) is 38.7 Å². The predicted octanol–water partition coefficient (Wildman–Crippen LogP) is 4.80. The number of ether oxygens (including phenoxy) is 1. The van der Waals surface area contributed by atoms with Crippen LogP contribution in [0.3, 0.4) is 0 Å². The van der Waals surface area contributed by atoms with Gasteiger partial charge in [-0.15, -0.1) is 0 Å². The van der Waals surface area contributed by atoms with Gasteiger partial charge in [0.25, 0.3) is 5.91 Å². The number of amides is 1. The van der Waals surface area contributed by atoms with Gasteiger partial charge in [-0.1, -0.05) is 42.0 Å². The number of aryl methyl sites for hydroxylation is 4. The summed E-state index contributed by atoms with van der Waals surface area (Å²) < 4.78 is 5.68. The number of aliphatic carboxylic acids is 1. The van der Waals surface area contributed by atoms with Crippen molar-refractivity contribution in [3.05, 3.63) is 70.8 Å². The van der Waals surface area contributed by atoms with Crippen LogP contribution < -0.4 is 10.1 Å². The Balaban J connectivity index is 1.66. The fraction of sp³-hybridized carbons (Fsp3) is 0.250. The smallest absolute Gasteiger partial charge is 0.303 e. The van der Waals surface area contributed by atoms with Crippen LogP contribution in [-0.4, -0.2) is 23.6 Å². The summed E-state index contributed by atoms with van der Waals surface area (Å²) in [5.41, 5.74) is 4.99. The highest BCUT2D eigenvalue weighted by molar-refractivity contribution is 5.93. The van der Waals surface area contributed by atoms with Gasteiger partial charge in [0, 0.05) is 12.1 Å². The Morgan fingerprint density at radius 2 is 1.62 bits per heavy atom. The average Bonchev–Trinajstić information content (AvgIpc) is 2.67. The number of carboxylic acid groups (broad SMARTS) is 1. The second-order valence-electron chi connectivity index (χ2n) is 7.35. The lowest BCUT2D eigenvalue weighted by Crippen LogP contribution is -2.21. The molecule has 0 spiro atoms. The zero-order valence-corrected chi connectivity index (χ0v) is 16.9. The van der Waals surface area contributed by atoms with Gasteiger partial charge >= 0.3 is 5.97 Å². The lowest BCUT2D eigenvalue weighted by Gasteiger charge is -2.13. The molecule has 5 nitrogen and oxygen atoms in total. The molecule has 3 rings (SSSR count). The van der Waals surface area contributed by atoms with E-state index in [4.69, 9.17) is 9.84 Å². The molecule has 3 aromatic carbocycles.